The second kappa shape index (κ2) is 4.18. The molecule has 2 heterocycles. The zero-order valence-corrected chi connectivity index (χ0v) is 11.1. The molecule has 0 radical (unpaired) electrons. The molecule has 0 atom stereocenters. The van der Waals surface area contributed by atoms with E-state index in [4.69, 9.17) is 5.73 Å². The highest BCUT2D eigenvalue weighted by Crippen LogP contribution is 2.34. The van der Waals surface area contributed by atoms with Gasteiger partial charge in [0, 0.05) is 22.9 Å². The van der Waals surface area contributed by atoms with Gasteiger partial charge in [0.05, 0.1) is 23.1 Å². The Hall–Kier alpha value is -1.29. The zero-order valence-electron chi connectivity index (χ0n) is 9.49. The van der Waals surface area contributed by atoms with Crippen molar-refractivity contribution in [1.82, 2.24) is 4.98 Å². The fraction of sp³-hybridized carbons (Fsp3) is 0.308. The molecule has 1 fully saturated rings. The molecule has 3 nitrogen and oxygen atoms in total. The lowest BCUT2D eigenvalue weighted by molar-refractivity contribution is 0.949. The Balaban J connectivity index is 2.25. The van der Waals surface area contributed by atoms with Crippen LogP contribution < -0.4 is 10.6 Å². The Kier molecular flexibility index (Phi) is 2.67. The first-order valence-corrected chi connectivity index (χ1v) is 6.64. The minimum atomic E-state index is 0.775. The number of nitrogens with two attached hydrogens (primary N) is 1. The molecule has 1 aliphatic rings. The number of anilines is 2. The molecule has 0 saturated carbocycles. The molecule has 2 N–H and O–H groups in total. The summed E-state index contributed by atoms with van der Waals surface area (Å²) in [5, 5.41) is 1.14. The second-order valence-electron chi connectivity index (χ2n) is 4.42. The van der Waals surface area contributed by atoms with E-state index in [1.54, 1.807) is 6.20 Å². The third-order valence-corrected chi connectivity index (χ3v) is 3.75. The lowest BCUT2D eigenvalue weighted by Gasteiger charge is -2.21. The first-order chi connectivity index (χ1) is 8.25. The highest BCUT2D eigenvalue weighted by molar-refractivity contribution is 9.10. The quantitative estimate of drug-likeness (QED) is 0.877. The molecule has 1 aromatic heterocycles. The van der Waals surface area contributed by atoms with Crippen LogP contribution in [0.25, 0.3) is 10.9 Å². The molecule has 0 aliphatic carbocycles. The van der Waals surface area contributed by atoms with Crippen molar-refractivity contribution >= 4 is 38.2 Å². The van der Waals surface area contributed by atoms with Gasteiger partial charge >= 0.3 is 0 Å². The van der Waals surface area contributed by atoms with E-state index in [-0.39, 0.29) is 0 Å². The number of benzene rings is 1. The fourth-order valence-electron chi connectivity index (χ4n) is 2.46. The summed E-state index contributed by atoms with van der Waals surface area (Å²) in [6, 6.07) is 6.14. The summed E-state index contributed by atoms with van der Waals surface area (Å²) in [5.41, 5.74) is 9.02. The molecule has 0 amide bonds. The van der Waals surface area contributed by atoms with Gasteiger partial charge in [0.1, 0.15) is 0 Å². The van der Waals surface area contributed by atoms with E-state index < -0.39 is 0 Å². The van der Waals surface area contributed by atoms with Gasteiger partial charge in [0.2, 0.25) is 0 Å². The van der Waals surface area contributed by atoms with Crippen LogP contribution in [-0.2, 0) is 0 Å². The van der Waals surface area contributed by atoms with Crippen LogP contribution in [0.4, 0.5) is 11.4 Å². The van der Waals surface area contributed by atoms with Crippen molar-refractivity contribution in [2.45, 2.75) is 12.8 Å². The van der Waals surface area contributed by atoms with Gasteiger partial charge in [-0.2, -0.15) is 0 Å². The van der Waals surface area contributed by atoms with Crippen LogP contribution in [0, 0.1) is 0 Å². The standard InChI is InChI=1S/C13H14BrN3/c14-9-3-4-12-10(7-9)13(11(15)8-16-12)17-5-1-2-6-17/h3-4,7-8H,1-2,5-6,15H2. The molecule has 1 saturated heterocycles. The van der Waals surface area contributed by atoms with E-state index in [9.17, 15) is 0 Å². The van der Waals surface area contributed by atoms with Crippen LogP contribution in [-0.4, -0.2) is 18.1 Å². The number of hydrogen-bond acceptors (Lipinski definition) is 3. The molecule has 88 valence electrons. The predicted octanol–water partition coefficient (Wildman–Crippen LogP) is 3.18. The maximum atomic E-state index is 6.10. The van der Waals surface area contributed by atoms with Gasteiger partial charge in [0.15, 0.2) is 0 Å². The van der Waals surface area contributed by atoms with E-state index in [1.807, 2.05) is 12.1 Å². The fourth-order valence-corrected chi connectivity index (χ4v) is 2.82. The Morgan fingerprint density at radius 3 is 2.76 bits per heavy atom. The Morgan fingerprint density at radius 2 is 2.00 bits per heavy atom. The molecule has 4 heteroatoms. The molecule has 1 aromatic carbocycles. The summed E-state index contributed by atoms with van der Waals surface area (Å²) in [6.45, 7) is 2.19. The van der Waals surface area contributed by atoms with Gasteiger partial charge < -0.3 is 10.6 Å². The Labute approximate surface area is 109 Å². The zero-order chi connectivity index (χ0) is 11.8. The molecule has 2 aromatic rings. The summed E-state index contributed by atoms with van der Waals surface area (Å²) in [4.78, 5) is 6.75. The monoisotopic (exact) mass is 291 g/mol. The van der Waals surface area contributed by atoms with Gasteiger partial charge in [-0.25, -0.2) is 0 Å². The lowest BCUT2D eigenvalue weighted by atomic mass is 10.1. The van der Waals surface area contributed by atoms with E-state index in [1.165, 1.54) is 12.8 Å². The van der Waals surface area contributed by atoms with E-state index in [0.29, 0.717) is 0 Å². The average Bonchev–Trinajstić information content (AvgIpc) is 2.82. The van der Waals surface area contributed by atoms with Gasteiger partial charge in [-0.15, -0.1) is 0 Å². The molecular weight excluding hydrogens is 278 g/mol. The normalized spacial score (nSPS) is 15.7. The number of halogens is 1. The lowest BCUT2D eigenvalue weighted by Crippen LogP contribution is -2.19. The number of hydrogen-bond donors (Lipinski definition) is 1. The van der Waals surface area contributed by atoms with Crippen LogP contribution in [0.3, 0.4) is 0 Å². The minimum Gasteiger partial charge on any atom is -0.396 e. The molecule has 3 rings (SSSR count). The van der Waals surface area contributed by atoms with Gasteiger partial charge in [-0.05, 0) is 31.0 Å². The van der Waals surface area contributed by atoms with Gasteiger partial charge in [-0.3, -0.25) is 4.98 Å². The van der Waals surface area contributed by atoms with Gasteiger partial charge in [0.25, 0.3) is 0 Å². The van der Waals surface area contributed by atoms with Crippen LogP contribution >= 0.6 is 15.9 Å². The highest BCUT2D eigenvalue weighted by Gasteiger charge is 2.18. The van der Waals surface area contributed by atoms with Crippen molar-refractivity contribution < 1.29 is 0 Å². The minimum absolute atomic E-state index is 0.775. The Morgan fingerprint density at radius 1 is 1.24 bits per heavy atom. The maximum Gasteiger partial charge on any atom is 0.0745 e. The van der Waals surface area contributed by atoms with Crippen LogP contribution in [0.1, 0.15) is 12.8 Å². The smallest absolute Gasteiger partial charge is 0.0745 e. The predicted molar refractivity (Wildman–Crippen MR) is 75.3 cm³/mol. The number of rotatable bonds is 1. The number of pyridine rings is 1. The third kappa shape index (κ3) is 1.86. The van der Waals surface area contributed by atoms with Crippen molar-refractivity contribution in [3.05, 3.63) is 28.9 Å². The summed E-state index contributed by atoms with van der Waals surface area (Å²) >= 11 is 3.51. The van der Waals surface area contributed by atoms with Crippen LogP contribution in [0.5, 0.6) is 0 Å². The number of fused-ring (bicyclic) bond motifs is 1. The molecular formula is C13H14BrN3. The van der Waals surface area contributed by atoms with Crippen molar-refractivity contribution in [1.29, 1.82) is 0 Å². The average molecular weight is 292 g/mol. The molecule has 0 bridgehead atoms. The topological polar surface area (TPSA) is 42.1 Å². The highest BCUT2D eigenvalue weighted by atomic mass is 79.9. The molecule has 1 aliphatic heterocycles. The third-order valence-electron chi connectivity index (χ3n) is 3.25. The van der Waals surface area contributed by atoms with Gasteiger partial charge in [-0.1, -0.05) is 15.9 Å². The first-order valence-electron chi connectivity index (χ1n) is 5.84. The summed E-state index contributed by atoms with van der Waals surface area (Å²) in [7, 11) is 0. The van der Waals surface area contributed by atoms with Crippen LogP contribution in [0.2, 0.25) is 0 Å². The van der Waals surface area contributed by atoms with E-state index in [2.05, 4.69) is 31.9 Å². The van der Waals surface area contributed by atoms with E-state index in [0.717, 1.165) is 39.8 Å². The van der Waals surface area contributed by atoms with Crippen molar-refractivity contribution in [2.75, 3.05) is 23.7 Å². The van der Waals surface area contributed by atoms with Crippen molar-refractivity contribution in [3.8, 4) is 0 Å². The van der Waals surface area contributed by atoms with E-state index >= 15 is 0 Å². The molecule has 17 heavy (non-hydrogen) atoms. The van der Waals surface area contributed by atoms with Crippen molar-refractivity contribution in [2.24, 2.45) is 0 Å². The van der Waals surface area contributed by atoms with Crippen LogP contribution in [0.15, 0.2) is 28.9 Å². The maximum absolute atomic E-state index is 6.10. The van der Waals surface area contributed by atoms with Crippen molar-refractivity contribution in [3.63, 3.8) is 0 Å². The second-order valence-corrected chi connectivity index (χ2v) is 5.33. The number of nitrogens with zero attached hydrogens (tertiary/aromatic N) is 2. The first kappa shape index (κ1) is 10.8. The summed E-state index contributed by atoms with van der Waals surface area (Å²) in [5.74, 6) is 0. The molecule has 0 spiro atoms. The molecule has 0 unspecified atom stereocenters. The SMILES string of the molecule is Nc1cnc2ccc(Br)cc2c1N1CCCC1. The summed E-state index contributed by atoms with van der Waals surface area (Å²) in [6.07, 6.45) is 4.26. The largest absolute Gasteiger partial charge is 0.396 e. The number of aromatic nitrogens is 1. The number of nitrogen functional groups attached to an aromatic ring is 1. The Bertz CT molecular complexity index is 557. The summed E-state index contributed by atoms with van der Waals surface area (Å²) < 4.78 is 1.07.